The minimum absolute atomic E-state index is 0.127. The Morgan fingerprint density at radius 1 is 1.09 bits per heavy atom. The van der Waals surface area contributed by atoms with Gasteiger partial charge in [0.25, 0.3) is 5.91 Å². The average Bonchev–Trinajstić information content (AvgIpc) is 3.46. The number of nitrogens with zero attached hydrogens (tertiary/aromatic N) is 4. The van der Waals surface area contributed by atoms with E-state index in [0.29, 0.717) is 16.7 Å². The predicted octanol–water partition coefficient (Wildman–Crippen LogP) is 3.88. The Labute approximate surface area is 192 Å². The molecule has 1 amide bonds. The summed E-state index contributed by atoms with van der Waals surface area (Å²) < 4.78 is 1.70. The molecular formula is C24H24N6OS. The molecule has 2 heterocycles. The van der Waals surface area contributed by atoms with Gasteiger partial charge in [0.1, 0.15) is 12.7 Å². The Bertz CT molecular complexity index is 1180. The molecule has 0 radical (unpaired) electrons. The Hall–Kier alpha value is -3.52. The highest BCUT2D eigenvalue weighted by molar-refractivity contribution is 7.80. The van der Waals surface area contributed by atoms with Crippen LogP contribution < -0.4 is 10.6 Å². The number of rotatable bonds is 5. The van der Waals surface area contributed by atoms with Crippen LogP contribution >= 0.6 is 12.2 Å². The molecule has 32 heavy (non-hydrogen) atoms. The van der Waals surface area contributed by atoms with E-state index in [0.717, 1.165) is 41.0 Å². The molecule has 0 bridgehead atoms. The van der Waals surface area contributed by atoms with Gasteiger partial charge in [-0.3, -0.25) is 4.79 Å². The molecule has 7 nitrogen and oxygen atoms in total. The van der Waals surface area contributed by atoms with Crippen LogP contribution in [0.3, 0.4) is 0 Å². The predicted molar refractivity (Wildman–Crippen MR) is 127 cm³/mol. The van der Waals surface area contributed by atoms with E-state index in [1.54, 1.807) is 11.0 Å². The highest BCUT2D eigenvalue weighted by atomic mass is 32.1. The average molecular weight is 445 g/mol. The van der Waals surface area contributed by atoms with E-state index >= 15 is 0 Å². The number of hydrogen-bond donors (Lipinski definition) is 2. The summed E-state index contributed by atoms with van der Waals surface area (Å²) in [5, 5.41) is 11.3. The number of amides is 1. The van der Waals surface area contributed by atoms with E-state index in [1.165, 1.54) is 6.33 Å². The SMILES string of the molecule is CC1=C(C(=O)Nc2ccc(C)cc2)[C@H](c2ccc(-n3cncn3)cc2)NC(=S)N1C1CC1. The molecule has 2 aromatic carbocycles. The number of nitrogens with one attached hydrogen (secondary N) is 2. The fourth-order valence-corrected chi connectivity index (χ4v) is 4.47. The number of carbonyl (C=O) groups is 1. The fraction of sp³-hybridized carbons (Fsp3) is 0.250. The highest BCUT2D eigenvalue weighted by Crippen LogP contribution is 2.38. The standard InChI is InChI=1S/C24H24N6OS/c1-15-3-7-18(8-4-15)27-23(31)21-16(2)30(20-11-12-20)24(32)28-22(21)17-5-9-19(10-6-17)29-14-25-13-26-29/h3-10,13-14,20,22H,11-12H2,1-2H3,(H,27,31)(H,28,32)/t22-/m0/s1. The Balaban J connectivity index is 1.50. The molecule has 1 aliphatic heterocycles. The molecule has 1 aromatic heterocycles. The first-order chi connectivity index (χ1) is 15.5. The molecule has 8 heteroatoms. The summed E-state index contributed by atoms with van der Waals surface area (Å²) in [4.78, 5) is 19.6. The molecule has 3 aromatic rings. The van der Waals surface area contributed by atoms with Gasteiger partial charge in [-0.15, -0.1) is 0 Å². The lowest BCUT2D eigenvalue weighted by Crippen LogP contribution is -2.49. The summed E-state index contributed by atoms with van der Waals surface area (Å²) >= 11 is 5.70. The van der Waals surface area contributed by atoms with E-state index in [-0.39, 0.29) is 11.9 Å². The molecule has 1 fully saturated rings. The van der Waals surface area contributed by atoms with E-state index < -0.39 is 0 Å². The third-order valence-electron chi connectivity index (χ3n) is 5.90. The van der Waals surface area contributed by atoms with Crippen molar-refractivity contribution in [2.24, 2.45) is 0 Å². The second-order valence-corrected chi connectivity index (χ2v) is 8.62. The van der Waals surface area contributed by atoms with Crippen LogP contribution in [0.1, 0.15) is 36.9 Å². The van der Waals surface area contributed by atoms with Crippen LogP contribution in [0.2, 0.25) is 0 Å². The van der Waals surface area contributed by atoms with Crippen molar-refractivity contribution in [3.63, 3.8) is 0 Å². The van der Waals surface area contributed by atoms with Crippen molar-refractivity contribution in [2.45, 2.75) is 38.8 Å². The van der Waals surface area contributed by atoms with Gasteiger partial charge in [0.2, 0.25) is 0 Å². The second-order valence-electron chi connectivity index (χ2n) is 8.23. The van der Waals surface area contributed by atoms with E-state index in [9.17, 15) is 4.79 Å². The largest absolute Gasteiger partial charge is 0.351 e. The smallest absolute Gasteiger partial charge is 0.255 e. The zero-order chi connectivity index (χ0) is 22.2. The normalized spacial score (nSPS) is 18.5. The lowest BCUT2D eigenvalue weighted by atomic mass is 9.94. The molecule has 0 unspecified atom stereocenters. The second kappa shape index (κ2) is 8.20. The third-order valence-corrected chi connectivity index (χ3v) is 6.22. The Morgan fingerprint density at radius 3 is 2.44 bits per heavy atom. The van der Waals surface area contributed by atoms with Crippen molar-refractivity contribution >= 4 is 28.9 Å². The first kappa shape index (κ1) is 20.4. The van der Waals surface area contributed by atoms with Crippen molar-refractivity contribution < 1.29 is 4.79 Å². The lowest BCUT2D eigenvalue weighted by molar-refractivity contribution is -0.113. The van der Waals surface area contributed by atoms with Crippen LogP contribution in [0.5, 0.6) is 0 Å². The molecule has 5 rings (SSSR count). The van der Waals surface area contributed by atoms with Crippen molar-refractivity contribution in [3.8, 4) is 5.69 Å². The summed E-state index contributed by atoms with van der Waals surface area (Å²) in [5.74, 6) is -0.127. The number of anilines is 1. The highest BCUT2D eigenvalue weighted by Gasteiger charge is 2.40. The maximum absolute atomic E-state index is 13.5. The first-order valence-corrected chi connectivity index (χ1v) is 11.1. The Morgan fingerprint density at radius 2 is 1.81 bits per heavy atom. The molecular weight excluding hydrogens is 420 g/mol. The maximum atomic E-state index is 13.5. The minimum atomic E-state index is -0.340. The minimum Gasteiger partial charge on any atom is -0.351 e. The number of benzene rings is 2. The lowest BCUT2D eigenvalue weighted by Gasteiger charge is -2.38. The maximum Gasteiger partial charge on any atom is 0.255 e. The van der Waals surface area contributed by atoms with Gasteiger partial charge in [-0.2, -0.15) is 5.10 Å². The fourth-order valence-electron chi connectivity index (χ4n) is 4.07. The van der Waals surface area contributed by atoms with Crippen LogP contribution in [0.4, 0.5) is 5.69 Å². The van der Waals surface area contributed by atoms with E-state index in [4.69, 9.17) is 12.2 Å². The number of aryl methyl sites for hydroxylation is 1. The molecule has 2 aliphatic rings. The van der Waals surface area contributed by atoms with Gasteiger partial charge >= 0.3 is 0 Å². The molecule has 0 saturated heterocycles. The van der Waals surface area contributed by atoms with Crippen molar-refractivity contribution in [2.75, 3.05) is 5.32 Å². The first-order valence-electron chi connectivity index (χ1n) is 10.6. The zero-order valence-corrected chi connectivity index (χ0v) is 18.8. The molecule has 162 valence electrons. The quantitative estimate of drug-likeness (QED) is 0.582. The summed E-state index contributed by atoms with van der Waals surface area (Å²) in [6, 6.07) is 15.8. The van der Waals surface area contributed by atoms with Gasteiger partial charge in [0.05, 0.1) is 17.3 Å². The van der Waals surface area contributed by atoms with Gasteiger partial charge in [-0.1, -0.05) is 29.8 Å². The Kier molecular flexibility index (Phi) is 5.22. The van der Waals surface area contributed by atoms with Gasteiger partial charge in [0.15, 0.2) is 5.11 Å². The van der Waals surface area contributed by atoms with E-state index in [1.807, 2.05) is 62.4 Å². The summed E-state index contributed by atoms with van der Waals surface area (Å²) in [6.45, 7) is 4.02. The third kappa shape index (κ3) is 3.89. The van der Waals surface area contributed by atoms with Crippen LogP contribution in [-0.4, -0.2) is 36.7 Å². The van der Waals surface area contributed by atoms with Gasteiger partial charge < -0.3 is 15.5 Å². The monoisotopic (exact) mass is 444 g/mol. The molecule has 2 N–H and O–H groups in total. The zero-order valence-electron chi connectivity index (χ0n) is 17.9. The van der Waals surface area contributed by atoms with Gasteiger partial charge in [0, 0.05) is 17.4 Å². The van der Waals surface area contributed by atoms with Crippen LogP contribution in [0, 0.1) is 6.92 Å². The van der Waals surface area contributed by atoms with Crippen molar-refractivity contribution in [1.82, 2.24) is 25.0 Å². The van der Waals surface area contributed by atoms with Crippen LogP contribution in [0.15, 0.2) is 72.5 Å². The number of allylic oxidation sites excluding steroid dienone is 1. The molecule has 1 atom stereocenters. The summed E-state index contributed by atoms with van der Waals surface area (Å²) in [7, 11) is 0. The van der Waals surface area contributed by atoms with Crippen molar-refractivity contribution in [1.29, 1.82) is 0 Å². The summed E-state index contributed by atoms with van der Waals surface area (Å²) in [5.41, 5.74) is 5.36. The topological polar surface area (TPSA) is 75.1 Å². The van der Waals surface area contributed by atoms with Crippen molar-refractivity contribution in [3.05, 3.63) is 83.6 Å². The van der Waals surface area contributed by atoms with Gasteiger partial charge in [-0.05, 0) is 68.7 Å². The van der Waals surface area contributed by atoms with Gasteiger partial charge in [-0.25, -0.2) is 9.67 Å². The van der Waals surface area contributed by atoms with E-state index in [2.05, 4.69) is 25.6 Å². The number of carbonyl (C=O) groups excluding carboxylic acids is 1. The number of aromatic nitrogens is 3. The molecule has 1 saturated carbocycles. The van der Waals surface area contributed by atoms with Crippen LogP contribution in [-0.2, 0) is 4.79 Å². The summed E-state index contributed by atoms with van der Waals surface area (Å²) in [6.07, 6.45) is 5.33. The number of thiocarbonyl (C=S) groups is 1. The molecule has 1 aliphatic carbocycles. The molecule has 0 spiro atoms. The van der Waals surface area contributed by atoms with Crippen LogP contribution in [0.25, 0.3) is 5.69 Å². The number of hydrogen-bond acceptors (Lipinski definition) is 4.